The third kappa shape index (κ3) is 1.86. The van der Waals surface area contributed by atoms with E-state index in [1.807, 2.05) is 13.8 Å². The fraction of sp³-hybridized carbons (Fsp3) is 0.600. The molecule has 1 aliphatic heterocycles. The Bertz CT molecular complexity index is 558. The van der Waals surface area contributed by atoms with Crippen molar-refractivity contribution in [3.8, 4) is 5.88 Å². The molecule has 3 rings (SSSR count). The van der Waals surface area contributed by atoms with Gasteiger partial charge in [0.25, 0.3) is 0 Å². The predicted molar refractivity (Wildman–Crippen MR) is 78.0 cm³/mol. The standard InChI is InChI=1S/C15H21N3O3/c1-14(2)12-10(6-7-21-12)15(14,16)13(19)18-9-4-5-11(20-3)17-8-9/h4-5,8,10,12H,6-7,16H2,1-3H3,(H,18,19). The number of nitrogens with one attached hydrogen (secondary N) is 1. The van der Waals surface area contributed by atoms with Gasteiger partial charge in [0, 0.05) is 24.0 Å². The van der Waals surface area contributed by atoms with Gasteiger partial charge in [-0.15, -0.1) is 0 Å². The van der Waals surface area contributed by atoms with Crippen molar-refractivity contribution in [1.82, 2.24) is 4.98 Å². The summed E-state index contributed by atoms with van der Waals surface area (Å²) < 4.78 is 10.7. The van der Waals surface area contributed by atoms with Crippen molar-refractivity contribution in [2.24, 2.45) is 17.1 Å². The zero-order valence-corrected chi connectivity index (χ0v) is 12.6. The second-order valence-corrected chi connectivity index (χ2v) is 6.32. The molecule has 2 aliphatic rings. The Labute approximate surface area is 124 Å². The van der Waals surface area contributed by atoms with E-state index in [1.54, 1.807) is 25.4 Å². The first-order valence-electron chi connectivity index (χ1n) is 7.13. The highest BCUT2D eigenvalue weighted by molar-refractivity contribution is 6.00. The number of rotatable bonds is 3. The fourth-order valence-corrected chi connectivity index (χ4v) is 3.65. The number of fused-ring (bicyclic) bond motifs is 1. The van der Waals surface area contributed by atoms with Gasteiger partial charge in [0.05, 0.1) is 25.1 Å². The third-order valence-corrected chi connectivity index (χ3v) is 5.03. The van der Waals surface area contributed by atoms with E-state index in [-0.39, 0.29) is 23.3 Å². The molecule has 2 fully saturated rings. The largest absolute Gasteiger partial charge is 0.481 e. The van der Waals surface area contributed by atoms with Crippen molar-refractivity contribution in [1.29, 1.82) is 0 Å². The Morgan fingerprint density at radius 3 is 2.90 bits per heavy atom. The molecule has 2 heterocycles. The number of pyridine rings is 1. The number of nitrogens with zero attached hydrogens (tertiary/aromatic N) is 1. The van der Waals surface area contributed by atoms with Gasteiger partial charge in [-0.05, 0) is 12.5 Å². The number of carbonyl (C=O) groups excluding carboxylic acids is 1. The van der Waals surface area contributed by atoms with Crippen LogP contribution in [0.2, 0.25) is 0 Å². The van der Waals surface area contributed by atoms with Gasteiger partial charge in [0.1, 0.15) is 5.54 Å². The molecular formula is C15H21N3O3. The number of amides is 1. The fourth-order valence-electron chi connectivity index (χ4n) is 3.65. The van der Waals surface area contributed by atoms with Crippen LogP contribution in [0.15, 0.2) is 18.3 Å². The van der Waals surface area contributed by atoms with E-state index in [2.05, 4.69) is 10.3 Å². The summed E-state index contributed by atoms with van der Waals surface area (Å²) in [4.78, 5) is 16.8. The van der Waals surface area contributed by atoms with Gasteiger partial charge in [-0.2, -0.15) is 0 Å². The summed E-state index contributed by atoms with van der Waals surface area (Å²) in [5.41, 5.74) is 5.81. The lowest BCUT2D eigenvalue weighted by atomic mass is 9.48. The number of ether oxygens (including phenoxy) is 2. The summed E-state index contributed by atoms with van der Waals surface area (Å²) in [6.45, 7) is 4.66. The molecule has 1 aromatic heterocycles. The van der Waals surface area contributed by atoms with Gasteiger partial charge in [0.2, 0.25) is 11.8 Å². The van der Waals surface area contributed by atoms with Crippen LogP contribution >= 0.6 is 0 Å². The van der Waals surface area contributed by atoms with Gasteiger partial charge >= 0.3 is 0 Å². The van der Waals surface area contributed by atoms with E-state index in [4.69, 9.17) is 15.2 Å². The summed E-state index contributed by atoms with van der Waals surface area (Å²) in [5.74, 6) is 0.411. The number of nitrogens with two attached hydrogens (primary N) is 1. The first-order valence-corrected chi connectivity index (χ1v) is 7.13. The highest BCUT2D eigenvalue weighted by atomic mass is 16.5. The number of carbonyl (C=O) groups is 1. The van der Waals surface area contributed by atoms with Crippen LogP contribution in [0.5, 0.6) is 5.88 Å². The minimum atomic E-state index is -0.909. The molecule has 3 atom stereocenters. The second kappa shape index (κ2) is 4.68. The van der Waals surface area contributed by atoms with E-state index in [0.29, 0.717) is 18.2 Å². The molecule has 1 aliphatic carbocycles. The number of hydrogen-bond acceptors (Lipinski definition) is 5. The molecule has 0 spiro atoms. The zero-order valence-electron chi connectivity index (χ0n) is 12.6. The number of hydrogen-bond donors (Lipinski definition) is 2. The topological polar surface area (TPSA) is 86.5 Å². The quantitative estimate of drug-likeness (QED) is 0.873. The average Bonchev–Trinajstić information content (AvgIpc) is 2.95. The van der Waals surface area contributed by atoms with Gasteiger partial charge in [-0.1, -0.05) is 13.8 Å². The maximum absolute atomic E-state index is 12.7. The Morgan fingerprint density at radius 2 is 2.29 bits per heavy atom. The van der Waals surface area contributed by atoms with Crippen LogP contribution in [0.25, 0.3) is 0 Å². The lowest BCUT2D eigenvalue weighted by molar-refractivity contribution is -0.170. The monoisotopic (exact) mass is 291 g/mol. The van der Waals surface area contributed by atoms with Crippen molar-refractivity contribution in [2.75, 3.05) is 19.0 Å². The van der Waals surface area contributed by atoms with Crippen LogP contribution < -0.4 is 15.8 Å². The minimum absolute atomic E-state index is 0.0715. The maximum atomic E-state index is 12.7. The molecule has 1 saturated heterocycles. The van der Waals surface area contributed by atoms with Crippen LogP contribution in [0.1, 0.15) is 20.3 Å². The zero-order chi connectivity index (χ0) is 15.3. The summed E-state index contributed by atoms with van der Waals surface area (Å²) >= 11 is 0. The Balaban J connectivity index is 1.78. The molecular weight excluding hydrogens is 270 g/mol. The van der Waals surface area contributed by atoms with Crippen molar-refractivity contribution >= 4 is 11.6 Å². The Hall–Kier alpha value is -1.66. The maximum Gasteiger partial charge on any atom is 0.245 e. The highest BCUT2D eigenvalue weighted by Gasteiger charge is 2.71. The first kappa shape index (κ1) is 14.3. The number of anilines is 1. The predicted octanol–water partition coefficient (Wildman–Crippen LogP) is 1.17. The van der Waals surface area contributed by atoms with E-state index in [0.717, 1.165) is 6.42 Å². The van der Waals surface area contributed by atoms with Crippen LogP contribution in [-0.2, 0) is 9.53 Å². The van der Waals surface area contributed by atoms with Crippen molar-refractivity contribution in [3.05, 3.63) is 18.3 Å². The van der Waals surface area contributed by atoms with Gasteiger partial charge in [-0.25, -0.2) is 4.98 Å². The molecule has 0 radical (unpaired) electrons. The molecule has 114 valence electrons. The summed E-state index contributed by atoms with van der Waals surface area (Å²) in [6, 6.07) is 3.45. The summed E-state index contributed by atoms with van der Waals surface area (Å²) in [5, 5.41) is 2.87. The van der Waals surface area contributed by atoms with E-state index in [1.165, 1.54) is 0 Å². The lowest BCUT2D eigenvalue weighted by Crippen LogP contribution is -2.79. The smallest absolute Gasteiger partial charge is 0.245 e. The van der Waals surface area contributed by atoms with E-state index < -0.39 is 5.54 Å². The SMILES string of the molecule is COc1ccc(NC(=O)C2(N)C3CCOC3C2(C)C)cn1. The molecule has 0 bridgehead atoms. The second-order valence-electron chi connectivity index (χ2n) is 6.32. The Kier molecular flexibility index (Phi) is 3.18. The molecule has 6 heteroatoms. The van der Waals surface area contributed by atoms with Crippen LogP contribution in [-0.4, -0.2) is 36.3 Å². The molecule has 1 saturated carbocycles. The molecule has 1 amide bonds. The van der Waals surface area contributed by atoms with Gasteiger partial charge < -0.3 is 20.5 Å². The lowest BCUT2D eigenvalue weighted by Gasteiger charge is -2.60. The van der Waals surface area contributed by atoms with Crippen molar-refractivity contribution in [3.63, 3.8) is 0 Å². The summed E-state index contributed by atoms with van der Waals surface area (Å²) in [7, 11) is 1.55. The molecule has 0 aromatic carbocycles. The third-order valence-electron chi connectivity index (χ3n) is 5.03. The van der Waals surface area contributed by atoms with Crippen LogP contribution in [0, 0.1) is 11.3 Å². The van der Waals surface area contributed by atoms with Gasteiger partial charge in [0.15, 0.2) is 0 Å². The van der Waals surface area contributed by atoms with Crippen LogP contribution in [0.4, 0.5) is 5.69 Å². The molecule has 6 nitrogen and oxygen atoms in total. The number of methoxy groups -OCH3 is 1. The van der Waals surface area contributed by atoms with Gasteiger partial charge in [-0.3, -0.25) is 4.79 Å². The molecule has 1 aromatic rings. The molecule has 21 heavy (non-hydrogen) atoms. The normalized spacial score (nSPS) is 33.0. The number of aromatic nitrogens is 1. The first-order chi connectivity index (χ1) is 9.91. The van der Waals surface area contributed by atoms with Crippen molar-refractivity contribution in [2.45, 2.75) is 31.9 Å². The molecule has 3 unspecified atom stereocenters. The molecule has 3 N–H and O–H groups in total. The van der Waals surface area contributed by atoms with Crippen LogP contribution in [0.3, 0.4) is 0 Å². The van der Waals surface area contributed by atoms with E-state index in [9.17, 15) is 4.79 Å². The van der Waals surface area contributed by atoms with Crippen molar-refractivity contribution < 1.29 is 14.3 Å². The summed E-state index contributed by atoms with van der Waals surface area (Å²) in [6.07, 6.45) is 2.47. The average molecular weight is 291 g/mol. The Morgan fingerprint density at radius 1 is 1.52 bits per heavy atom. The minimum Gasteiger partial charge on any atom is -0.481 e. The van der Waals surface area contributed by atoms with E-state index >= 15 is 0 Å². The highest BCUT2D eigenvalue weighted by Crippen LogP contribution is 2.58.